The molecule has 0 aliphatic heterocycles. The molecule has 0 heterocycles. The lowest BCUT2D eigenvalue weighted by atomic mass is 9.95. The summed E-state index contributed by atoms with van der Waals surface area (Å²) in [5.41, 5.74) is 0. The van der Waals surface area contributed by atoms with Crippen LogP contribution in [0.3, 0.4) is 0 Å². The first-order valence-corrected chi connectivity index (χ1v) is 4.34. The highest BCUT2D eigenvalue weighted by atomic mass is 14.1. The minimum Gasteiger partial charge on any atom is -0.102 e. The molecule has 0 saturated carbocycles. The number of allylic oxidation sites excluding steroid dienone is 3. The standard InChI is InChI=1S/C11H19/c1-5-7-8-9-11(6-2)10(3)4/h6,8-11H,2-3,5,7H2,1,4H3. The van der Waals surface area contributed by atoms with Crippen LogP contribution in [0.15, 0.2) is 24.8 Å². The van der Waals surface area contributed by atoms with Crippen LogP contribution < -0.4 is 0 Å². The van der Waals surface area contributed by atoms with E-state index in [4.69, 9.17) is 0 Å². The van der Waals surface area contributed by atoms with E-state index in [1.807, 2.05) is 6.08 Å². The van der Waals surface area contributed by atoms with Crippen LogP contribution in [0.1, 0.15) is 26.7 Å². The summed E-state index contributed by atoms with van der Waals surface area (Å²) in [5.74, 6) is 0.877. The maximum Gasteiger partial charge on any atom is -0.00305 e. The first-order chi connectivity index (χ1) is 5.22. The minimum atomic E-state index is 0.431. The van der Waals surface area contributed by atoms with Crippen molar-refractivity contribution in [2.24, 2.45) is 11.8 Å². The molecular formula is C11H19. The van der Waals surface area contributed by atoms with Crippen LogP contribution in [-0.2, 0) is 0 Å². The molecule has 0 saturated heterocycles. The molecule has 2 unspecified atom stereocenters. The molecule has 0 N–H and O–H groups in total. The predicted octanol–water partition coefficient (Wildman–Crippen LogP) is 3.62. The molecule has 0 aromatic heterocycles. The van der Waals surface area contributed by atoms with Gasteiger partial charge in [0.1, 0.15) is 0 Å². The van der Waals surface area contributed by atoms with Gasteiger partial charge in [0.2, 0.25) is 0 Å². The summed E-state index contributed by atoms with van der Waals surface area (Å²) in [6.07, 6.45) is 8.76. The van der Waals surface area contributed by atoms with E-state index >= 15 is 0 Å². The van der Waals surface area contributed by atoms with Gasteiger partial charge in [-0.2, -0.15) is 0 Å². The van der Waals surface area contributed by atoms with Crippen molar-refractivity contribution in [1.82, 2.24) is 0 Å². The van der Waals surface area contributed by atoms with Crippen molar-refractivity contribution in [3.63, 3.8) is 0 Å². The van der Waals surface area contributed by atoms with E-state index in [-0.39, 0.29) is 0 Å². The van der Waals surface area contributed by atoms with E-state index in [0.717, 1.165) is 6.42 Å². The van der Waals surface area contributed by atoms with Gasteiger partial charge in [-0.3, -0.25) is 0 Å². The van der Waals surface area contributed by atoms with Crippen molar-refractivity contribution in [3.05, 3.63) is 31.7 Å². The lowest BCUT2D eigenvalue weighted by Gasteiger charge is -2.10. The van der Waals surface area contributed by atoms with Gasteiger partial charge < -0.3 is 0 Å². The molecule has 0 aromatic carbocycles. The van der Waals surface area contributed by atoms with Crippen LogP contribution in [0.2, 0.25) is 0 Å². The number of rotatable bonds is 5. The Morgan fingerprint density at radius 2 is 2.09 bits per heavy atom. The van der Waals surface area contributed by atoms with Crippen molar-refractivity contribution in [2.75, 3.05) is 0 Å². The summed E-state index contributed by atoms with van der Waals surface area (Å²) >= 11 is 0. The number of unbranched alkanes of at least 4 members (excludes halogenated alkanes) is 1. The quantitative estimate of drug-likeness (QED) is 0.526. The fraction of sp³-hybridized carbons (Fsp3) is 0.545. The van der Waals surface area contributed by atoms with Crippen molar-refractivity contribution in [3.8, 4) is 0 Å². The van der Waals surface area contributed by atoms with E-state index in [2.05, 4.69) is 39.5 Å². The van der Waals surface area contributed by atoms with Gasteiger partial charge in [0.15, 0.2) is 0 Å². The molecule has 0 aromatic rings. The topological polar surface area (TPSA) is 0 Å². The van der Waals surface area contributed by atoms with E-state index in [9.17, 15) is 0 Å². The van der Waals surface area contributed by atoms with Crippen molar-refractivity contribution in [2.45, 2.75) is 26.7 Å². The molecule has 0 aliphatic rings. The van der Waals surface area contributed by atoms with Gasteiger partial charge in [0.25, 0.3) is 0 Å². The van der Waals surface area contributed by atoms with Gasteiger partial charge in [0, 0.05) is 0 Å². The smallest absolute Gasteiger partial charge is 0.00305 e. The maximum absolute atomic E-state index is 3.97. The van der Waals surface area contributed by atoms with Gasteiger partial charge in [-0.25, -0.2) is 0 Å². The third kappa shape index (κ3) is 4.83. The molecule has 0 spiro atoms. The van der Waals surface area contributed by atoms with Crippen molar-refractivity contribution in [1.29, 1.82) is 0 Å². The normalized spacial score (nSPS) is 14.2. The van der Waals surface area contributed by atoms with Crippen LogP contribution >= 0.6 is 0 Å². The molecule has 63 valence electrons. The van der Waals surface area contributed by atoms with E-state index < -0.39 is 0 Å². The molecule has 0 fully saturated rings. The van der Waals surface area contributed by atoms with Crippen LogP contribution in [0.4, 0.5) is 0 Å². The molecule has 0 bridgehead atoms. The molecule has 0 rings (SSSR count). The molecule has 0 amide bonds. The molecule has 2 atom stereocenters. The monoisotopic (exact) mass is 151 g/mol. The Hall–Kier alpha value is -0.520. The highest BCUT2D eigenvalue weighted by molar-refractivity contribution is 4.99. The van der Waals surface area contributed by atoms with Crippen LogP contribution in [0, 0.1) is 18.8 Å². The first kappa shape index (κ1) is 10.5. The second-order valence-corrected chi connectivity index (χ2v) is 3.01. The largest absolute Gasteiger partial charge is 0.102 e. The third-order valence-corrected chi connectivity index (χ3v) is 1.74. The van der Waals surface area contributed by atoms with Gasteiger partial charge in [-0.1, -0.05) is 38.5 Å². The average molecular weight is 151 g/mol. The summed E-state index contributed by atoms with van der Waals surface area (Å²) in [5, 5.41) is 0. The predicted molar refractivity (Wildman–Crippen MR) is 52.3 cm³/mol. The molecule has 0 heteroatoms. The average Bonchev–Trinajstić information content (AvgIpc) is 1.97. The Balaban J connectivity index is 3.76. The summed E-state index contributed by atoms with van der Waals surface area (Å²) in [6.45, 7) is 12.0. The Morgan fingerprint density at radius 3 is 2.45 bits per heavy atom. The van der Waals surface area contributed by atoms with E-state index in [0.29, 0.717) is 11.8 Å². The Bertz CT molecular complexity index is 120. The molecule has 0 aliphatic carbocycles. The van der Waals surface area contributed by atoms with Gasteiger partial charge in [-0.15, -0.1) is 6.58 Å². The van der Waals surface area contributed by atoms with E-state index in [1.54, 1.807) is 0 Å². The van der Waals surface area contributed by atoms with Crippen molar-refractivity contribution >= 4 is 0 Å². The first-order valence-electron chi connectivity index (χ1n) is 4.34. The lowest BCUT2D eigenvalue weighted by molar-refractivity contribution is 0.607. The maximum atomic E-state index is 3.97. The Labute approximate surface area is 71.0 Å². The highest BCUT2D eigenvalue weighted by Gasteiger charge is 2.02. The fourth-order valence-corrected chi connectivity index (χ4v) is 0.921. The van der Waals surface area contributed by atoms with Crippen LogP contribution in [0.5, 0.6) is 0 Å². The number of hydrogen-bond donors (Lipinski definition) is 0. The third-order valence-electron chi connectivity index (χ3n) is 1.74. The zero-order valence-electron chi connectivity index (χ0n) is 7.72. The van der Waals surface area contributed by atoms with Crippen LogP contribution in [-0.4, -0.2) is 0 Å². The molecule has 11 heavy (non-hydrogen) atoms. The second-order valence-electron chi connectivity index (χ2n) is 3.01. The molecule has 0 nitrogen and oxygen atoms in total. The summed E-state index contributed by atoms with van der Waals surface area (Å²) < 4.78 is 0. The Morgan fingerprint density at radius 1 is 1.45 bits per heavy atom. The van der Waals surface area contributed by atoms with Gasteiger partial charge in [-0.05, 0) is 25.2 Å². The zero-order valence-corrected chi connectivity index (χ0v) is 7.72. The SMILES string of the molecule is [CH2]C(C)C(C=C)C=CCCC. The fourth-order valence-electron chi connectivity index (χ4n) is 0.921. The number of hydrogen-bond acceptors (Lipinski definition) is 0. The van der Waals surface area contributed by atoms with Gasteiger partial charge in [0.05, 0.1) is 0 Å². The van der Waals surface area contributed by atoms with Crippen LogP contribution in [0.25, 0.3) is 0 Å². The Kier molecular flexibility index (Phi) is 5.91. The summed E-state index contributed by atoms with van der Waals surface area (Å²) in [6, 6.07) is 0. The van der Waals surface area contributed by atoms with E-state index in [1.165, 1.54) is 6.42 Å². The van der Waals surface area contributed by atoms with Gasteiger partial charge >= 0.3 is 0 Å². The zero-order chi connectivity index (χ0) is 8.69. The summed E-state index contributed by atoms with van der Waals surface area (Å²) in [7, 11) is 0. The highest BCUT2D eigenvalue weighted by Crippen LogP contribution is 2.13. The lowest BCUT2D eigenvalue weighted by Crippen LogP contribution is -2.00. The minimum absolute atomic E-state index is 0.431. The second kappa shape index (κ2) is 6.21. The van der Waals surface area contributed by atoms with Crippen molar-refractivity contribution < 1.29 is 0 Å². The molecular weight excluding hydrogens is 132 g/mol. The summed E-state index contributed by atoms with van der Waals surface area (Å²) in [4.78, 5) is 0. The molecule has 1 radical (unpaired) electrons.